The molecule has 0 aliphatic rings. The van der Waals surface area contributed by atoms with Crippen LogP contribution in [0.15, 0.2) is 24.3 Å². The van der Waals surface area contributed by atoms with Crippen LogP contribution in [0.2, 0.25) is 0 Å². The molecule has 0 saturated carbocycles. The molecule has 19 heavy (non-hydrogen) atoms. The van der Waals surface area contributed by atoms with Gasteiger partial charge in [-0.25, -0.2) is 17.5 Å². The highest BCUT2D eigenvalue weighted by Crippen LogP contribution is 2.12. The van der Waals surface area contributed by atoms with Gasteiger partial charge in [-0.15, -0.1) is 0 Å². The minimum atomic E-state index is -3.36. The van der Waals surface area contributed by atoms with Crippen molar-refractivity contribution in [1.82, 2.24) is 4.31 Å². The van der Waals surface area contributed by atoms with Gasteiger partial charge in [-0.1, -0.05) is 26.0 Å². The zero-order valence-corrected chi connectivity index (χ0v) is 12.1. The minimum absolute atomic E-state index is 0.115. The molecule has 0 radical (unpaired) electrons. The number of carboxylic acid groups (broad SMARTS) is 1. The van der Waals surface area contributed by atoms with Crippen LogP contribution in [-0.4, -0.2) is 37.4 Å². The van der Waals surface area contributed by atoms with Crippen molar-refractivity contribution in [3.05, 3.63) is 35.4 Å². The van der Waals surface area contributed by atoms with Crippen LogP contribution in [-0.2, 0) is 15.8 Å². The summed E-state index contributed by atoms with van der Waals surface area (Å²) in [5.74, 6) is -0.878. The predicted octanol–water partition coefficient (Wildman–Crippen LogP) is 1.80. The monoisotopic (exact) mass is 285 g/mol. The van der Waals surface area contributed by atoms with Gasteiger partial charge in [0.1, 0.15) is 0 Å². The van der Waals surface area contributed by atoms with E-state index in [-0.39, 0.29) is 17.2 Å². The van der Waals surface area contributed by atoms with Gasteiger partial charge in [-0.05, 0) is 23.6 Å². The van der Waals surface area contributed by atoms with E-state index in [4.69, 9.17) is 5.11 Å². The van der Waals surface area contributed by atoms with Crippen LogP contribution in [0.25, 0.3) is 0 Å². The van der Waals surface area contributed by atoms with Crippen LogP contribution in [0, 0.1) is 5.92 Å². The number of sulfonamides is 1. The van der Waals surface area contributed by atoms with E-state index in [1.807, 2.05) is 13.8 Å². The normalized spacial score (nSPS) is 12.1. The third-order valence-corrected chi connectivity index (χ3v) is 4.44. The summed E-state index contributed by atoms with van der Waals surface area (Å²) in [7, 11) is -1.80. The van der Waals surface area contributed by atoms with E-state index in [9.17, 15) is 13.2 Å². The Balaban J connectivity index is 2.81. The molecule has 0 spiro atoms. The van der Waals surface area contributed by atoms with Crippen molar-refractivity contribution in [3.8, 4) is 0 Å². The van der Waals surface area contributed by atoms with E-state index < -0.39 is 16.0 Å². The third-order valence-electron chi connectivity index (χ3n) is 2.65. The quantitative estimate of drug-likeness (QED) is 0.865. The van der Waals surface area contributed by atoms with E-state index in [0.29, 0.717) is 12.1 Å². The second-order valence-electron chi connectivity index (χ2n) is 4.93. The van der Waals surface area contributed by atoms with Gasteiger partial charge >= 0.3 is 5.97 Å². The van der Waals surface area contributed by atoms with E-state index in [2.05, 4.69) is 0 Å². The lowest BCUT2D eigenvalue weighted by atomic mass is 10.1. The zero-order chi connectivity index (χ0) is 14.6. The molecule has 106 valence electrons. The molecule has 0 amide bonds. The van der Waals surface area contributed by atoms with Crippen LogP contribution < -0.4 is 0 Å². The first-order chi connectivity index (χ1) is 8.72. The molecule has 0 atom stereocenters. The Labute approximate surface area is 113 Å². The van der Waals surface area contributed by atoms with E-state index in [0.717, 1.165) is 0 Å². The smallest absolute Gasteiger partial charge is 0.335 e. The summed E-state index contributed by atoms with van der Waals surface area (Å²) in [5, 5.41) is 8.77. The number of nitrogens with zero attached hydrogens (tertiary/aromatic N) is 1. The first kappa shape index (κ1) is 15.7. The lowest BCUT2D eigenvalue weighted by Crippen LogP contribution is -2.31. The summed E-state index contributed by atoms with van der Waals surface area (Å²) in [6.45, 7) is 4.37. The zero-order valence-electron chi connectivity index (χ0n) is 11.3. The molecule has 0 saturated heterocycles. The van der Waals surface area contributed by atoms with Gasteiger partial charge in [0.05, 0.1) is 11.3 Å². The van der Waals surface area contributed by atoms with Gasteiger partial charge in [0.25, 0.3) is 0 Å². The lowest BCUT2D eigenvalue weighted by molar-refractivity contribution is 0.0697. The molecule has 1 N–H and O–H groups in total. The molecule has 0 heterocycles. The number of carbonyl (C=O) groups is 1. The maximum Gasteiger partial charge on any atom is 0.335 e. The summed E-state index contributed by atoms with van der Waals surface area (Å²) in [6.07, 6.45) is 0. The van der Waals surface area contributed by atoms with Crippen LogP contribution in [0.3, 0.4) is 0 Å². The van der Waals surface area contributed by atoms with Crippen molar-refractivity contribution in [2.75, 3.05) is 13.6 Å². The van der Waals surface area contributed by atoms with Crippen molar-refractivity contribution < 1.29 is 18.3 Å². The first-order valence-electron chi connectivity index (χ1n) is 5.98. The second kappa shape index (κ2) is 6.16. The standard InChI is InChI=1S/C13H19NO4S/c1-10(2)8-14(3)19(17,18)9-11-4-6-12(7-5-11)13(15)16/h4-7,10H,8-9H2,1-3H3,(H,15,16). The molecule has 1 rings (SSSR count). The van der Waals surface area contributed by atoms with Gasteiger partial charge in [-0.2, -0.15) is 0 Å². The molecule has 0 aliphatic heterocycles. The number of hydrogen-bond donors (Lipinski definition) is 1. The lowest BCUT2D eigenvalue weighted by Gasteiger charge is -2.19. The van der Waals surface area contributed by atoms with Crippen molar-refractivity contribution in [1.29, 1.82) is 0 Å². The Kier molecular flexibility index (Phi) is 5.08. The molecule has 1 aromatic carbocycles. The minimum Gasteiger partial charge on any atom is -0.478 e. The number of hydrogen-bond acceptors (Lipinski definition) is 3. The summed E-state index contributed by atoms with van der Waals surface area (Å²) in [4.78, 5) is 10.7. The largest absolute Gasteiger partial charge is 0.478 e. The average Bonchev–Trinajstić information content (AvgIpc) is 2.28. The van der Waals surface area contributed by atoms with Gasteiger partial charge < -0.3 is 5.11 Å². The van der Waals surface area contributed by atoms with Crippen LogP contribution in [0.5, 0.6) is 0 Å². The predicted molar refractivity (Wildman–Crippen MR) is 73.5 cm³/mol. The van der Waals surface area contributed by atoms with E-state index in [1.165, 1.54) is 28.6 Å². The maximum atomic E-state index is 12.1. The molecular weight excluding hydrogens is 266 g/mol. The SMILES string of the molecule is CC(C)CN(C)S(=O)(=O)Cc1ccc(C(=O)O)cc1. The van der Waals surface area contributed by atoms with Crippen LogP contribution >= 0.6 is 0 Å². The Morgan fingerprint density at radius 1 is 1.26 bits per heavy atom. The van der Waals surface area contributed by atoms with Gasteiger partial charge in [0.2, 0.25) is 10.0 Å². The molecule has 0 fully saturated rings. The Hall–Kier alpha value is -1.40. The number of carboxylic acids is 1. The fraction of sp³-hybridized carbons (Fsp3) is 0.462. The third kappa shape index (κ3) is 4.65. The van der Waals surface area contributed by atoms with Gasteiger partial charge in [0, 0.05) is 13.6 Å². The summed E-state index contributed by atoms with van der Waals surface area (Å²) in [5.41, 5.74) is 0.734. The van der Waals surface area contributed by atoms with Crippen molar-refractivity contribution in [2.24, 2.45) is 5.92 Å². The fourth-order valence-corrected chi connectivity index (χ4v) is 3.05. The van der Waals surface area contributed by atoms with Crippen LogP contribution in [0.1, 0.15) is 29.8 Å². The molecule has 0 unspecified atom stereocenters. The highest BCUT2D eigenvalue weighted by molar-refractivity contribution is 7.88. The Bertz CT molecular complexity index is 534. The molecule has 0 aliphatic carbocycles. The van der Waals surface area contributed by atoms with Gasteiger partial charge in [0.15, 0.2) is 0 Å². The maximum absolute atomic E-state index is 12.1. The Morgan fingerprint density at radius 2 is 1.79 bits per heavy atom. The number of rotatable bonds is 6. The summed E-state index contributed by atoms with van der Waals surface area (Å²) < 4.78 is 25.5. The first-order valence-corrected chi connectivity index (χ1v) is 7.59. The van der Waals surface area contributed by atoms with Gasteiger partial charge in [-0.3, -0.25) is 0 Å². The number of aromatic carboxylic acids is 1. The second-order valence-corrected chi connectivity index (χ2v) is 7.01. The molecule has 6 heteroatoms. The molecular formula is C13H19NO4S. The van der Waals surface area contributed by atoms with E-state index in [1.54, 1.807) is 7.05 Å². The summed E-state index contributed by atoms with van der Waals surface area (Å²) in [6, 6.07) is 5.89. The fourth-order valence-electron chi connectivity index (χ4n) is 1.69. The Morgan fingerprint density at radius 3 is 2.21 bits per heavy atom. The van der Waals surface area contributed by atoms with Crippen molar-refractivity contribution in [3.63, 3.8) is 0 Å². The molecule has 0 bridgehead atoms. The number of benzene rings is 1. The van der Waals surface area contributed by atoms with Crippen LogP contribution in [0.4, 0.5) is 0 Å². The molecule has 5 nitrogen and oxygen atoms in total. The van der Waals surface area contributed by atoms with E-state index >= 15 is 0 Å². The highest BCUT2D eigenvalue weighted by Gasteiger charge is 2.19. The molecule has 1 aromatic rings. The average molecular weight is 285 g/mol. The summed E-state index contributed by atoms with van der Waals surface area (Å²) >= 11 is 0. The molecule has 0 aromatic heterocycles. The highest BCUT2D eigenvalue weighted by atomic mass is 32.2. The van der Waals surface area contributed by atoms with Crippen molar-refractivity contribution in [2.45, 2.75) is 19.6 Å². The van der Waals surface area contributed by atoms with Crippen molar-refractivity contribution >= 4 is 16.0 Å². The topological polar surface area (TPSA) is 74.7 Å².